The molecule has 0 aromatic rings. The van der Waals surface area contributed by atoms with Gasteiger partial charge in [0, 0.05) is 0 Å². The van der Waals surface area contributed by atoms with Crippen molar-refractivity contribution in [2.75, 3.05) is 0 Å². The van der Waals surface area contributed by atoms with Crippen molar-refractivity contribution in [3.63, 3.8) is 0 Å². The molecule has 0 spiro atoms. The molecule has 1 heteroatoms. The lowest BCUT2D eigenvalue weighted by atomic mass is 9.33. The molecule has 5 aliphatic rings. The highest BCUT2D eigenvalue weighted by Gasteiger charge is 2.68. The van der Waals surface area contributed by atoms with Crippen LogP contribution in [-0.4, -0.2) is 0 Å². The first-order valence-electron chi connectivity index (χ1n) is 13.2. The van der Waals surface area contributed by atoms with Crippen LogP contribution in [0.15, 0.2) is 0 Å². The molecule has 0 aliphatic heterocycles. The molecule has 180 valence electrons. The summed E-state index contributed by atoms with van der Waals surface area (Å²) in [4.78, 5) is 0. The summed E-state index contributed by atoms with van der Waals surface area (Å²) in [5.41, 5.74) is 3.79. The van der Waals surface area contributed by atoms with E-state index in [0.29, 0.717) is 21.7 Å². The van der Waals surface area contributed by atoms with Crippen molar-refractivity contribution < 1.29 is 0 Å². The Hall–Kier alpha value is -0.510. The van der Waals surface area contributed by atoms with Crippen LogP contribution in [0.2, 0.25) is 0 Å². The van der Waals surface area contributed by atoms with Crippen LogP contribution in [0.3, 0.4) is 0 Å². The van der Waals surface area contributed by atoms with E-state index in [4.69, 9.17) is 5.26 Å². The Morgan fingerprint density at radius 3 is 1.29 bits per heavy atom. The summed E-state index contributed by atoms with van der Waals surface area (Å²) in [7, 11) is 0. The standard InChI is InChI=1S/C11H17N.C10H20.C9H18/c1-9(2,3)4-10-5-11(6-10,7-10)8-12;1-5-10(6-7-10)8-9(2,3)4;1-8(2,3)7-9(4)5-6-9/h4-7H2,1-3H3;5-8H2,1-4H3;5-7H2,1-4H3. The maximum atomic E-state index is 8.85. The van der Waals surface area contributed by atoms with Crippen LogP contribution in [0.4, 0.5) is 0 Å². The van der Waals surface area contributed by atoms with E-state index >= 15 is 0 Å². The molecular weight excluding hydrogens is 374 g/mol. The largest absolute Gasteiger partial charge is 0.198 e. The first-order valence-corrected chi connectivity index (χ1v) is 13.2. The van der Waals surface area contributed by atoms with Gasteiger partial charge in [0.1, 0.15) is 0 Å². The van der Waals surface area contributed by atoms with E-state index in [1.54, 1.807) is 0 Å². The summed E-state index contributed by atoms with van der Waals surface area (Å²) in [5.74, 6) is 0. The number of rotatable bonds is 4. The van der Waals surface area contributed by atoms with Crippen LogP contribution in [0, 0.1) is 49.2 Å². The predicted octanol–water partition coefficient (Wildman–Crippen LogP) is 9.95. The quantitative estimate of drug-likeness (QED) is 0.436. The van der Waals surface area contributed by atoms with Crippen molar-refractivity contribution in [1.29, 1.82) is 5.26 Å². The highest BCUT2D eigenvalue weighted by molar-refractivity contribution is 5.26. The molecule has 0 unspecified atom stereocenters. The maximum Gasteiger partial charge on any atom is 0.0690 e. The van der Waals surface area contributed by atoms with E-state index in [1.165, 1.54) is 70.6 Å². The number of hydrogen-bond donors (Lipinski definition) is 0. The fraction of sp³-hybridized carbons (Fsp3) is 0.967. The van der Waals surface area contributed by atoms with Gasteiger partial charge in [0.15, 0.2) is 0 Å². The van der Waals surface area contributed by atoms with Gasteiger partial charge in [-0.25, -0.2) is 0 Å². The third-order valence-electron chi connectivity index (χ3n) is 7.96. The van der Waals surface area contributed by atoms with Crippen molar-refractivity contribution >= 4 is 0 Å². The van der Waals surface area contributed by atoms with Gasteiger partial charge in [-0.15, -0.1) is 0 Å². The summed E-state index contributed by atoms with van der Waals surface area (Å²) in [6.45, 7) is 25.7. The lowest BCUT2D eigenvalue weighted by Gasteiger charge is -2.69. The molecule has 5 saturated carbocycles. The van der Waals surface area contributed by atoms with Crippen LogP contribution < -0.4 is 0 Å². The first kappa shape index (κ1) is 26.7. The maximum absolute atomic E-state index is 8.85. The normalized spacial score (nSPS) is 31.4. The van der Waals surface area contributed by atoms with Gasteiger partial charge in [0.2, 0.25) is 0 Å². The molecule has 2 bridgehead atoms. The SMILES string of the molecule is CC(C)(C)CC1(C)CC1.CC(C)(C)CC12CC(C#N)(C1)C2.CCC1(CC(C)(C)C)CC1. The molecule has 0 amide bonds. The van der Waals surface area contributed by atoms with Crippen LogP contribution in [0.1, 0.15) is 147 Å². The summed E-state index contributed by atoms with van der Waals surface area (Å²) in [6.07, 6.45) is 15.0. The van der Waals surface area contributed by atoms with E-state index in [0.717, 1.165) is 10.8 Å². The van der Waals surface area contributed by atoms with Crippen molar-refractivity contribution in [2.24, 2.45) is 37.9 Å². The average Bonchev–Trinajstić information content (AvgIpc) is 3.38. The van der Waals surface area contributed by atoms with Gasteiger partial charge >= 0.3 is 0 Å². The summed E-state index contributed by atoms with van der Waals surface area (Å²) in [5, 5.41) is 8.85. The van der Waals surface area contributed by atoms with E-state index in [9.17, 15) is 0 Å². The molecule has 0 aromatic carbocycles. The number of nitriles is 1. The lowest BCUT2D eigenvalue weighted by Crippen LogP contribution is -2.61. The zero-order valence-corrected chi connectivity index (χ0v) is 23.2. The Kier molecular flexibility index (Phi) is 7.22. The van der Waals surface area contributed by atoms with Crippen molar-refractivity contribution in [3.05, 3.63) is 0 Å². The van der Waals surface area contributed by atoms with Gasteiger partial charge in [0.25, 0.3) is 0 Å². The molecule has 31 heavy (non-hydrogen) atoms. The van der Waals surface area contributed by atoms with Crippen LogP contribution in [-0.2, 0) is 0 Å². The molecule has 0 N–H and O–H groups in total. The summed E-state index contributed by atoms with van der Waals surface area (Å²) < 4.78 is 0. The number of nitrogens with zero attached hydrogens (tertiary/aromatic N) is 1. The van der Waals surface area contributed by atoms with E-state index in [2.05, 4.69) is 82.2 Å². The lowest BCUT2D eigenvalue weighted by molar-refractivity contribution is -0.181. The second-order valence-electron chi connectivity index (χ2n) is 16.3. The van der Waals surface area contributed by atoms with Crippen molar-refractivity contribution in [1.82, 2.24) is 0 Å². The fourth-order valence-corrected chi connectivity index (χ4v) is 7.06. The van der Waals surface area contributed by atoms with Gasteiger partial charge in [-0.05, 0) is 96.7 Å². The monoisotopic (exact) mass is 429 g/mol. The zero-order chi connectivity index (χ0) is 24.0. The predicted molar refractivity (Wildman–Crippen MR) is 136 cm³/mol. The minimum absolute atomic E-state index is 0.144. The molecule has 0 aromatic heterocycles. The summed E-state index contributed by atoms with van der Waals surface area (Å²) >= 11 is 0. The molecule has 0 atom stereocenters. The van der Waals surface area contributed by atoms with Gasteiger partial charge < -0.3 is 0 Å². The molecule has 5 fully saturated rings. The van der Waals surface area contributed by atoms with Gasteiger partial charge in [0.05, 0.1) is 11.5 Å². The van der Waals surface area contributed by atoms with Crippen LogP contribution in [0.25, 0.3) is 0 Å². The van der Waals surface area contributed by atoms with Gasteiger partial charge in [-0.2, -0.15) is 5.26 Å². The smallest absolute Gasteiger partial charge is 0.0690 e. The third kappa shape index (κ3) is 8.41. The van der Waals surface area contributed by atoms with E-state index < -0.39 is 0 Å². The molecule has 1 nitrogen and oxygen atoms in total. The van der Waals surface area contributed by atoms with Crippen LogP contribution >= 0.6 is 0 Å². The van der Waals surface area contributed by atoms with E-state index in [1.807, 2.05) is 0 Å². The molecule has 0 heterocycles. The summed E-state index contributed by atoms with van der Waals surface area (Å²) in [6, 6.07) is 2.45. The Morgan fingerprint density at radius 1 is 0.677 bits per heavy atom. The highest BCUT2D eigenvalue weighted by Crippen LogP contribution is 2.75. The molecule has 0 saturated heterocycles. The average molecular weight is 430 g/mol. The Morgan fingerprint density at radius 2 is 1.10 bits per heavy atom. The Balaban J connectivity index is 0.000000167. The molecule has 0 radical (unpaired) electrons. The fourth-order valence-electron chi connectivity index (χ4n) is 7.06. The second kappa shape index (κ2) is 8.37. The van der Waals surface area contributed by atoms with Gasteiger partial charge in [-0.1, -0.05) is 82.6 Å². The first-order chi connectivity index (χ1) is 13.8. The molecule has 5 rings (SSSR count). The second-order valence-corrected chi connectivity index (χ2v) is 16.3. The van der Waals surface area contributed by atoms with Gasteiger partial charge in [-0.3, -0.25) is 0 Å². The third-order valence-corrected chi connectivity index (χ3v) is 7.96. The minimum Gasteiger partial charge on any atom is -0.198 e. The molecular formula is C30H55N. The van der Waals surface area contributed by atoms with Crippen molar-refractivity contribution in [3.8, 4) is 6.07 Å². The highest BCUT2D eigenvalue weighted by atomic mass is 14.7. The van der Waals surface area contributed by atoms with E-state index in [-0.39, 0.29) is 5.41 Å². The Bertz CT molecular complexity index is 623. The van der Waals surface area contributed by atoms with Crippen LogP contribution in [0.5, 0.6) is 0 Å². The topological polar surface area (TPSA) is 23.8 Å². The van der Waals surface area contributed by atoms with Crippen molar-refractivity contribution in [2.45, 2.75) is 147 Å². The zero-order valence-electron chi connectivity index (χ0n) is 23.2. The molecule has 5 aliphatic carbocycles. The Labute approximate surface area is 196 Å². The minimum atomic E-state index is 0.144. The number of hydrogen-bond acceptors (Lipinski definition) is 1.